The van der Waals surface area contributed by atoms with Crippen LogP contribution in [-0.2, 0) is 9.59 Å². The number of hydrogen-bond acceptors (Lipinski definition) is 5. The van der Waals surface area contributed by atoms with E-state index in [1.54, 1.807) is 31.2 Å². The minimum absolute atomic E-state index is 0.118. The molecule has 0 aliphatic carbocycles. The summed E-state index contributed by atoms with van der Waals surface area (Å²) in [7, 11) is 3.33. The Bertz CT molecular complexity index is 1080. The van der Waals surface area contributed by atoms with Crippen molar-refractivity contribution in [1.82, 2.24) is 15.5 Å². The van der Waals surface area contributed by atoms with E-state index in [1.165, 1.54) is 0 Å². The predicted octanol–water partition coefficient (Wildman–Crippen LogP) is 2.13. The fraction of sp³-hybridized carbons (Fsp3) is 0.320. The molecule has 2 aromatic carbocycles. The molecule has 0 spiro atoms. The molecular weight excluding hydrogens is 420 g/mol. The molecule has 1 fully saturated rings. The highest BCUT2D eigenvalue weighted by molar-refractivity contribution is 6.10. The Hall–Kier alpha value is -3.65. The van der Waals surface area contributed by atoms with Gasteiger partial charge in [0.05, 0.1) is 24.9 Å². The van der Waals surface area contributed by atoms with Gasteiger partial charge in [-0.25, -0.2) is 0 Å². The monoisotopic (exact) mass is 448 g/mol. The molecule has 172 valence electrons. The van der Waals surface area contributed by atoms with Gasteiger partial charge in [-0.3, -0.25) is 14.4 Å². The lowest BCUT2D eigenvalue weighted by Crippen LogP contribution is -2.55. The minimum Gasteiger partial charge on any atom is -0.497 e. The lowest BCUT2D eigenvalue weighted by molar-refractivity contribution is -0.124. The van der Waals surface area contributed by atoms with E-state index in [1.807, 2.05) is 42.5 Å². The third-order valence-corrected chi connectivity index (χ3v) is 5.98. The first kappa shape index (κ1) is 22.5. The molecule has 3 N–H and O–H groups in total. The second kappa shape index (κ2) is 9.87. The molecule has 8 nitrogen and oxygen atoms in total. The van der Waals surface area contributed by atoms with E-state index < -0.39 is 6.04 Å². The summed E-state index contributed by atoms with van der Waals surface area (Å²) in [6.45, 7) is 0.626. The number of nitrogens with zero attached hydrogens (tertiary/aromatic N) is 1. The fourth-order valence-corrected chi connectivity index (χ4v) is 4.26. The van der Waals surface area contributed by atoms with Crippen LogP contribution in [0, 0.1) is 0 Å². The molecule has 0 unspecified atom stereocenters. The van der Waals surface area contributed by atoms with Crippen molar-refractivity contribution >= 4 is 35.6 Å². The van der Waals surface area contributed by atoms with Gasteiger partial charge in [-0.05, 0) is 55.3 Å². The van der Waals surface area contributed by atoms with Crippen LogP contribution < -0.4 is 20.7 Å². The number of piperidine rings is 1. The van der Waals surface area contributed by atoms with Gasteiger partial charge in [-0.15, -0.1) is 0 Å². The average Bonchev–Trinajstić information content (AvgIpc) is 2.92. The van der Waals surface area contributed by atoms with Gasteiger partial charge in [0.15, 0.2) is 0 Å². The third-order valence-electron chi connectivity index (χ3n) is 5.98. The fourth-order valence-electron chi connectivity index (χ4n) is 4.26. The van der Waals surface area contributed by atoms with Gasteiger partial charge in [0.1, 0.15) is 11.8 Å². The summed E-state index contributed by atoms with van der Waals surface area (Å²) in [6, 6.07) is 12.4. The normalized spacial score (nSPS) is 20.0. The first-order valence-corrected chi connectivity index (χ1v) is 11.0. The highest BCUT2D eigenvalue weighted by atomic mass is 16.5. The number of nitrogens with one attached hydrogen (secondary N) is 3. The van der Waals surface area contributed by atoms with Gasteiger partial charge in [0.25, 0.3) is 5.91 Å². The van der Waals surface area contributed by atoms with Gasteiger partial charge in [-0.2, -0.15) is 0 Å². The maximum Gasteiger partial charge on any atom is 0.256 e. The molecule has 2 atom stereocenters. The molecule has 2 aliphatic rings. The molecule has 0 radical (unpaired) electrons. The van der Waals surface area contributed by atoms with Crippen LogP contribution in [-0.4, -0.2) is 62.0 Å². The second-order valence-corrected chi connectivity index (χ2v) is 8.23. The van der Waals surface area contributed by atoms with Crippen molar-refractivity contribution < 1.29 is 19.1 Å². The summed E-state index contributed by atoms with van der Waals surface area (Å²) in [6.07, 6.45) is 4.90. The van der Waals surface area contributed by atoms with Crippen LogP contribution in [0.2, 0.25) is 0 Å². The Labute approximate surface area is 193 Å². The van der Waals surface area contributed by atoms with E-state index in [0.717, 1.165) is 16.9 Å². The van der Waals surface area contributed by atoms with Crippen LogP contribution in [0.4, 0.5) is 5.69 Å². The summed E-state index contributed by atoms with van der Waals surface area (Å²) in [5.41, 5.74) is 2.85. The molecule has 33 heavy (non-hydrogen) atoms. The summed E-state index contributed by atoms with van der Waals surface area (Å²) in [5, 5.41) is 8.66. The van der Waals surface area contributed by atoms with E-state index in [-0.39, 0.29) is 30.3 Å². The number of anilines is 1. The van der Waals surface area contributed by atoms with Crippen molar-refractivity contribution in [3.05, 3.63) is 59.2 Å². The number of methoxy groups -OCH3 is 1. The lowest BCUT2D eigenvalue weighted by Gasteiger charge is -2.37. The predicted molar refractivity (Wildman–Crippen MR) is 127 cm³/mol. The molecule has 4 rings (SSSR count). The number of amides is 3. The number of fused-ring (bicyclic) bond motifs is 2. The first-order valence-electron chi connectivity index (χ1n) is 11.0. The Morgan fingerprint density at radius 3 is 2.61 bits per heavy atom. The highest BCUT2D eigenvalue weighted by Crippen LogP contribution is 2.29. The zero-order valence-corrected chi connectivity index (χ0v) is 18.8. The van der Waals surface area contributed by atoms with Gasteiger partial charge in [0, 0.05) is 12.6 Å². The number of rotatable bonds is 6. The maximum atomic E-state index is 13.3. The molecule has 0 bridgehead atoms. The van der Waals surface area contributed by atoms with Gasteiger partial charge < -0.3 is 25.6 Å². The van der Waals surface area contributed by atoms with Crippen LogP contribution >= 0.6 is 0 Å². The van der Waals surface area contributed by atoms with Crippen molar-refractivity contribution in [2.45, 2.75) is 24.9 Å². The number of hydrogen-bond donors (Lipinski definition) is 3. The smallest absolute Gasteiger partial charge is 0.256 e. The topological polar surface area (TPSA) is 99.8 Å². The molecule has 0 saturated carbocycles. The Kier molecular flexibility index (Phi) is 6.74. The van der Waals surface area contributed by atoms with E-state index >= 15 is 0 Å². The minimum atomic E-state index is -0.614. The number of benzene rings is 2. The zero-order valence-electron chi connectivity index (χ0n) is 18.8. The summed E-state index contributed by atoms with van der Waals surface area (Å²) < 4.78 is 5.18. The molecule has 2 heterocycles. The number of carbonyl (C=O) groups is 3. The summed E-state index contributed by atoms with van der Waals surface area (Å²) in [4.78, 5) is 39.8. The Morgan fingerprint density at radius 1 is 1.15 bits per heavy atom. The maximum absolute atomic E-state index is 13.3. The molecule has 0 aromatic heterocycles. The lowest BCUT2D eigenvalue weighted by atomic mass is 9.96. The summed E-state index contributed by atoms with van der Waals surface area (Å²) >= 11 is 0. The van der Waals surface area contributed by atoms with Crippen LogP contribution in [0.1, 0.15) is 34.3 Å². The van der Waals surface area contributed by atoms with E-state index in [0.29, 0.717) is 30.6 Å². The quantitative estimate of drug-likeness (QED) is 0.588. The number of likely N-dealkylation sites (N-methyl/N-ethyl adjacent to an activating group) is 1. The molecule has 8 heteroatoms. The third kappa shape index (κ3) is 5.06. The van der Waals surface area contributed by atoms with E-state index in [2.05, 4.69) is 16.0 Å². The van der Waals surface area contributed by atoms with Gasteiger partial charge in [0.2, 0.25) is 11.8 Å². The number of ether oxygens (including phenoxy) is 1. The van der Waals surface area contributed by atoms with Gasteiger partial charge >= 0.3 is 0 Å². The first-order chi connectivity index (χ1) is 16.0. The van der Waals surface area contributed by atoms with Gasteiger partial charge in [-0.1, -0.05) is 30.4 Å². The molecule has 2 aliphatic heterocycles. The van der Waals surface area contributed by atoms with Crippen molar-refractivity contribution in [3.8, 4) is 5.75 Å². The van der Waals surface area contributed by atoms with Crippen LogP contribution in [0.5, 0.6) is 5.75 Å². The van der Waals surface area contributed by atoms with Crippen LogP contribution in [0.15, 0.2) is 42.5 Å². The summed E-state index contributed by atoms with van der Waals surface area (Å²) in [5.74, 6) is 0.274. The molecule has 3 amide bonds. The van der Waals surface area contributed by atoms with Crippen molar-refractivity contribution in [2.24, 2.45) is 0 Å². The number of carbonyl (C=O) groups excluding carboxylic acids is 3. The van der Waals surface area contributed by atoms with Crippen molar-refractivity contribution in [1.29, 1.82) is 0 Å². The van der Waals surface area contributed by atoms with Crippen LogP contribution in [0.3, 0.4) is 0 Å². The zero-order chi connectivity index (χ0) is 23.4. The van der Waals surface area contributed by atoms with Crippen molar-refractivity contribution in [2.75, 3.05) is 32.6 Å². The standard InChI is InChI=1S/C25H28N4O4/c1-26-15-23(30)27-18-11-12-29-22(14-18)24(31)28-21-10-7-17(13-20(21)25(29)32)4-3-16-5-8-19(33-2)9-6-16/h3-10,13,18,22,26H,11-12,14-15H2,1-2H3,(H,27,30)(H,28,31)/t18-,22+/m1/s1. The van der Waals surface area contributed by atoms with E-state index in [9.17, 15) is 14.4 Å². The largest absolute Gasteiger partial charge is 0.497 e. The average molecular weight is 449 g/mol. The Balaban J connectivity index is 1.51. The highest BCUT2D eigenvalue weighted by Gasteiger charge is 2.40. The Morgan fingerprint density at radius 2 is 1.88 bits per heavy atom. The molecular formula is C25H28N4O4. The second-order valence-electron chi connectivity index (χ2n) is 8.23. The SMILES string of the molecule is CNCC(=O)N[C@@H]1CCN2C(=O)c3cc(C=Cc4ccc(OC)cc4)ccc3NC(=O)[C@@H]2C1. The molecule has 1 saturated heterocycles. The van der Waals surface area contributed by atoms with E-state index in [4.69, 9.17) is 4.74 Å². The van der Waals surface area contributed by atoms with Crippen LogP contribution in [0.25, 0.3) is 12.2 Å². The molecule has 2 aromatic rings. The van der Waals surface area contributed by atoms with Crippen molar-refractivity contribution in [3.63, 3.8) is 0 Å².